The summed E-state index contributed by atoms with van der Waals surface area (Å²) >= 11 is 8.64. The molecular formula is C8H3BrClF3N2. The van der Waals surface area contributed by atoms with Crippen LogP contribution in [0, 0.1) is 0 Å². The fourth-order valence-corrected chi connectivity index (χ4v) is 1.86. The van der Waals surface area contributed by atoms with E-state index in [1.165, 1.54) is 6.07 Å². The van der Waals surface area contributed by atoms with Gasteiger partial charge in [0.15, 0.2) is 0 Å². The summed E-state index contributed by atoms with van der Waals surface area (Å²) in [6.45, 7) is 0. The van der Waals surface area contributed by atoms with E-state index in [1.54, 1.807) is 0 Å². The minimum atomic E-state index is -4.43. The third kappa shape index (κ3) is 1.83. The molecule has 0 amide bonds. The molecule has 0 radical (unpaired) electrons. The van der Waals surface area contributed by atoms with Gasteiger partial charge >= 0.3 is 6.18 Å². The Balaban J connectivity index is 2.83. The van der Waals surface area contributed by atoms with E-state index in [-0.39, 0.29) is 16.3 Å². The maximum absolute atomic E-state index is 12.5. The molecule has 0 spiro atoms. The van der Waals surface area contributed by atoms with Crippen molar-refractivity contribution in [2.45, 2.75) is 6.18 Å². The Bertz CT molecular complexity index is 520. The highest BCUT2D eigenvalue weighted by atomic mass is 79.9. The molecule has 2 aromatic rings. The molecule has 1 heterocycles. The van der Waals surface area contributed by atoms with E-state index in [1.807, 2.05) is 0 Å². The molecule has 15 heavy (non-hydrogen) atoms. The van der Waals surface area contributed by atoms with Crippen LogP contribution in [0.25, 0.3) is 11.0 Å². The monoisotopic (exact) mass is 298 g/mol. The Morgan fingerprint density at radius 2 is 2.00 bits per heavy atom. The number of aromatic amines is 1. The second kappa shape index (κ2) is 3.38. The van der Waals surface area contributed by atoms with Gasteiger partial charge in [-0.2, -0.15) is 13.2 Å². The number of rotatable bonds is 0. The largest absolute Gasteiger partial charge is 0.418 e. The molecule has 0 saturated carbocycles. The Hall–Kier alpha value is -0.750. The van der Waals surface area contributed by atoms with Gasteiger partial charge in [0.1, 0.15) is 5.52 Å². The fourth-order valence-electron chi connectivity index (χ4n) is 1.26. The predicted molar refractivity (Wildman–Crippen MR) is 53.8 cm³/mol. The number of nitrogens with zero attached hydrogens (tertiary/aromatic N) is 1. The van der Waals surface area contributed by atoms with Gasteiger partial charge in [-0.15, -0.1) is 0 Å². The number of halogens is 5. The molecule has 1 aromatic heterocycles. The number of nitrogens with one attached hydrogen (secondary N) is 1. The van der Waals surface area contributed by atoms with Gasteiger partial charge in [-0.25, -0.2) is 4.98 Å². The summed E-state index contributed by atoms with van der Waals surface area (Å²) in [5.41, 5.74) is -0.736. The van der Waals surface area contributed by atoms with Crippen molar-refractivity contribution in [3.8, 4) is 0 Å². The summed E-state index contributed by atoms with van der Waals surface area (Å²) < 4.78 is 38.1. The summed E-state index contributed by atoms with van der Waals surface area (Å²) in [6.07, 6.45) is -4.43. The molecule has 0 bridgehead atoms. The van der Waals surface area contributed by atoms with Crippen LogP contribution < -0.4 is 0 Å². The molecule has 7 heteroatoms. The number of hydrogen-bond acceptors (Lipinski definition) is 1. The minimum Gasteiger partial charge on any atom is -0.328 e. The first-order valence-corrected chi connectivity index (χ1v) is 4.97. The van der Waals surface area contributed by atoms with Crippen LogP contribution in [-0.2, 0) is 6.18 Å². The first kappa shape index (κ1) is 10.8. The quantitative estimate of drug-likeness (QED) is 0.782. The van der Waals surface area contributed by atoms with Crippen molar-refractivity contribution in [2.75, 3.05) is 0 Å². The number of H-pyrrole nitrogens is 1. The van der Waals surface area contributed by atoms with Crippen LogP contribution in [0.3, 0.4) is 0 Å². The van der Waals surface area contributed by atoms with Gasteiger partial charge in [0.2, 0.25) is 5.28 Å². The molecule has 1 N–H and O–H groups in total. The Morgan fingerprint density at radius 1 is 1.33 bits per heavy atom. The van der Waals surface area contributed by atoms with E-state index in [9.17, 15) is 13.2 Å². The first-order valence-electron chi connectivity index (χ1n) is 3.80. The summed E-state index contributed by atoms with van der Waals surface area (Å²) in [4.78, 5) is 6.15. The highest BCUT2D eigenvalue weighted by Crippen LogP contribution is 2.36. The first-order chi connectivity index (χ1) is 6.89. The lowest BCUT2D eigenvalue weighted by Crippen LogP contribution is -2.05. The van der Waals surface area contributed by atoms with E-state index < -0.39 is 11.7 Å². The number of fused-ring (bicyclic) bond motifs is 1. The van der Waals surface area contributed by atoms with Crippen LogP contribution in [0.4, 0.5) is 13.2 Å². The van der Waals surface area contributed by atoms with Crippen molar-refractivity contribution in [2.24, 2.45) is 0 Å². The molecule has 0 unspecified atom stereocenters. The molecule has 2 nitrogen and oxygen atoms in total. The zero-order valence-electron chi connectivity index (χ0n) is 6.99. The molecule has 0 aliphatic heterocycles. The highest BCUT2D eigenvalue weighted by molar-refractivity contribution is 9.10. The Labute approximate surface area is 95.6 Å². The maximum Gasteiger partial charge on any atom is 0.418 e. The van der Waals surface area contributed by atoms with E-state index in [2.05, 4.69) is 25.9 Å². The van der Waals surface area contributed by atoms with Gasteiger partial charge in [-0.1, -0.05) is 0 Å². The average molecular weight is 299 g/mol. The van der Waals surface area contributed by atoms with E-state index in [0.717, 1.165) is 6.07 Å². The zero-order valence-corrected chi connectivity index (χ0v) is 9.33. The number of hydrogen-bond donors (Lipinski definition) is 1. The fraction of sp³-hybridized carbons (Fsp3) is 0.125. The molecular weight excluding hydrogens is 296 g/mol. The smallest absolute Gasteiger partial charge is 0.328 e. The van der Waals surface area contributed by atoms with Crippen molar-refractivity contribution in [1.29, 1.82) is 0 Å². The van der Waals surface area contributed by atoms with E-state index in [4.69, 9.17) is 11.6 Å². The van der Waals surface area contributed by atoms with Gasteiger partial charge in [0.05, 0.1) is 11.1 Å². The lowest BCUT2D eigenvalue weighted by molar-refractivity contribution is -0.136. The van der Waals surface area contributed by atoms with Crippen molar-refractivity contribution in [3.05, 3.63) is 27.5 Å². The third-order valence-corrected chi connectivity index (χ3v) is 2.71. The normalized spacial score (nSPS) is 12.3. The second-order valence-electron chi connectivity index (χ2n) is 2.84. The standard InChI is InChI=1S/C8H3BrClF3N2/c9-4-2-1-3(8(11,12)13)5-6(4)15-7(10)14-5/h1-2H,(H,14,15). The molecule has 2 rings (SSSR count). The SMILES string of the molecule is FC(F)(F)c1ccc(Br)c2[nH]c(Cl)nc12. The van der Waals surface area contributed by atoms with Crippen molar-refractivity contribution in [1.82, 2.24) is 9.97 Å². The van der Waals surface area contributed by atoms with Crippen LogP contribution in [0.1, 0.15) is 5.56 Å². The van der Waals surface area contributed by atoms with E-state index >= 15 is 0 Å². The highest BCUT2D eigenvalue weighted by Gasteiger charge is 2.34. The van der Waals surface area contributed by atoms with Gasteiger partial charge in [-0.3, -0.25) is 0 Å². The van der Waals surface area contributed by atoms with Gasteiger partial charge in [0.25, 0.3) is 0 Å². The summed E-state index contributed by atoms with van der Waals surface area (Å²) in [6, 6.07) is 2.27. The Kier molecular flexibility index (Phi) is 2.42. The lowest BCUT2D eigenvalue weighted by Gasteiger charge is -2.07. The zero-order chi connectivity index (χ0) is 11.2. The molecule has 1 aromatic carbocycles. The maximum atomic E-state index is 12.5. The van der Waals surface area contributed by atoms with Crippen LogP contribution in [0.5, 0.6) is 0 Å². The third-order valence-electron chi connectivity index (χ3n) is 1.87. The average Bonchev–Trinajstić information content (AvgIpc) is 2.45. The molecule has 80 valence electrons. The number of aromatic nitrogens is 2. The number of alkyl halides is 3. The summed E-state index contributed by atoms with van der Waals surface area (Å²) in [5.74, 6) is 0. The van der Waals surface area contributed by atoms with E-state index in [0.29, 0.717) is 4.47 Å². The van der Waals surface area contributed by atoms with Crippen LogP contribution in [-0.4, -0.2) is 9.97 Å². The van der Waals surface area contributed by atoms with Crippen molar-refractivity contribution < 1.29 is 13.2 Å². The van der Waals surface area contributed by atoms with Crippen molar-refractivity contribution in [3.63, 3.8) is 0 Å². The van der Waals surface area contributed by atoms with Crippen LogP contribution in [0.15, 0.2) is 16.6 Å². The van der Waals surface area contributed by atoms with Crippen LogP contribution >= 0.6 is 27.5 Å². The number of imidazole rings is 1. The molecule has 0 aliphatic carbocycles. The van der Waals surface area contributed by atoms with Gasteiger partial charge < -0.3 is 4.98 Å². The molecule has 0 atom stereocenters. The van der Waals surface area contributed by atoms with Crippen LogP contribution in [0.2, 0.25) is 5.28 Å². The predicted octanol–water partition coefficient (Wildman–Crippen LogP) is 4.00. The topological polar surface area (TPSA) is 28.7 Å². The molecule has 0 fully saturated rings. The molecule has 0 aliphatic rings. The van der Waals surface area contributed by atoms with Gasteiger partial charge in [0, 0.05) is 4.47 Å². The molecule has 0 saturated heterocycles. The summed E-state index contributed by atoms with van der Waals surface area (Å²) in [5, 5.41) is -0.0672. The van der Waals surface area contributed by atoms with Crippen molar-refractivity contribution >= 4 is 38.6 Å². The number of benzene rings is 1. The van der Waals surface area contributed by atoms with Gasteiger partial charge in [-0.05, 0) is 39.7 Å². The Morgan fingerprint density at radius 3 is 2.60 bits per heavy atom. The summed E-state index contributed by atoms with van der Waals surface area (Å²) in [7, 11) is 0. The minimum absolute atomic E-state index is 0.0672. The lowest BCUT2D eigenvalue weighted by atomic mass is 10.2. The second-order valence-corrected chi connectivity index (χ2v) is 4.06.